The van der Waals surface area contributed by atoms with E-state index in [1.807, 2.05) is 37.3 Å². The van der Waals surface area contributed by atoms with Crippen molar-refractivity contribution in [2.75, 3.05) is 31.4 Å². The predicted molar refractivity (Wildman–Crippen MR) is 85.5 cm³/mol. The summed E-state index contributed by atoms with van der Waals surface area (Å²) in [6, 6.07) is 9.65. The first-order valence-corrected chi connectivity index (χ1v) is 9.22. The van der Waals surface area contributed by atoms with E-state index in [9.17, 15) is 4.57 Å². The van der Waals surface area contributed by atoms with E-state index in [2.05, 4.69) is 5.09 Å². The molecule has 0 spiro atoms. The molecule has 7 heteroatoms. The molecule has 0 heterocycles. The number of benzene rings is 1. The second-order valence-electron chi connectivity index (χ2n) is 4.12. The fourth-order valence-corrected chi connectivity index (χ4v) is 4.28. The van der Waals surface area contributed by atoms with E-state index in [0.717, 1.165) is 5.56 Å². The molecule has 1 N–H and O–H groups in total. The first-order chi connectivity index (χ1) is 9.66. The van der Waals surface area contributed by atoms with Crippen LogP contribution in [0.3, 0.4) is 0 Å². The second kappa shape index (κ2) is 9.78. The van der Waals surface area contributed by atoms with Crippen LogP contribution in [-0.2, 0) is 15.7 Å². The molecule has 114 valence electrons. The largest absolute Gasteiger partial charge is 0.343 e. The van der Waals surface area contributed by atoms with Crippen LogP contribution < -0.4 is 5.09 Å². The molecule has 0 aliphatic rings. The summed E-state index contributed by atoms with van der Waals surface area (Å²) in [6.45, 7) is 3.65. The maximum Gasteiger partial charge on any atom is 0.343 e. The van der Waals surface area contributed by atoms with Crippen LogP contribution in [0.25, 0.3) is 0 Å². The van der Waals surface area contributed by atoms with Gasteiger partial charge in [-0.15, -0.1) is 23.2 Å². The summed E-state index contributed by atoms with van der Waals surface area (Å²) in [7, 11) is -3.11. The average molecular weight is 339 g/mol. The van der Waals surface area contributed by atoms with E-state index < -0.39 is 7.67 Å². The van der Waals surface area contributed by atoms with Crippen molar-refractivity contribution < 1.29 is 9.09 Å². The van der Waals surface area contributed by atoms with Crippen LogP contribution in [0, 0.1) is 0 Å². The third-order valence-corrected chi connectivity index (χ3v) is 5.34. The van der Waals surface area contributed by atoms with Crippen LogP contribution in [0.1, 0.15) is 12.5 Å². The second-order valence-corrected chi connectivity index (χ2v) is 7.06. The van der Waals surface area contributed by atoms with Crippen molar-refractivity contribution >= 4 is 30.9 Å². The van der Waals surface area contributed by atoms with E-state index in [1.165, 1.54) is 0 Å². The minimum atomic E-state index is -3.11. The average Bonchev–Trinajstić information content (AvgIpc) is 2.46. The van der Waals surface area contributed by atoms with Crippen LogP contribution in [0.2, 0.25) is 0 Å². The summed E-state index contributed by atoms with van der Waals surface area (Å²) in [5, 5.41) is 2.94. The number of nitrogens with one attached hydrogen (secondary N) is 1. The maximum absolute atomic E-state index is 12.9. The quantitative estimate of drug-likeness (QED) is 0.521. The van der Waals surface area contributed by atoms with Crippen molar-refractivity contribution in [3.63, 3.8) is 0 Å². The zero-order chi connectivity index (χ0) is 14.8. The van der Waals surface area contributed by atoms with Gasteiger partial charge < -0.3 is 4.52 Å². The van der Waals surface area contributed by atoms with E-state index in [1.54, 1.807) is 4.67 Å². The number of hydrogen-bond acceptors (Lipinski definition) is 2. The lowest BCUT2D eigenvalue weighted by atomic mass is 10.2. The molecule has 0 radical (unpaired) electrons. The number of nitrogens with zero attached hydrogens (tertiary/aromatic N) is 1. The SMILES string of the molecule is CCNP(=O)(OCc1ccccc1)N(CCCl)CCCl. The molecule has 1 aromatic carbocycles. The van der Waals surface area contributed by atoms with Gasteiger partial charge in [-0.2, -0.15) is 0 Å². The third-order valence-electron chi connectivity index (χ3n) is 2.66. The summed E-state index contributed by atoms with van der Waals surface area (Å²) in [6.07, 6.45) is 0. The Hall–Kier alpha value is -0.0900. The molecule has 0 aromatic heterocycles. The lowest BCUT2D eigenvalue weighted by molar-refractivity contribution is 0.248. The van der Waals surface area contributed by atoms with Crippen molar-refractivity contribution in [1.82, 2.24) is 9.76 Å². The molecular weight excluding hydrogens is 318 g/mol. The molecule has 1 rings (SSSR count). The van der Waals surface area contributed by atoms with Gasteiger partial charge in [0, 0.05) is 31.4 Å². The molecule has 0 saturated carbocycles. The van der Waals surface area contributed by atoms with Gasteiger partial charge in [-0.1, -0.05) is 37.3 Å². The first kappa shape index (κ1) is 18.0. The van der Waals surface area contributed by atoms with E-state index in [-0.39, 0.29) is 6.61 Å². The lowest BCUT2D eigenvalue weighted by Crippen LogP contribution is -2.32. The van der Waals surface area contributed by atoms with E-state index in [4.69, 9.17) is 27.7 Å². The molecule has 1 unspecified atom stereocenters. The number of alkyl halides is 2. The Bertz CT molecular complexity index is 414. The standard InChI is InChI=1S/C13H21Cl2N2O2P/c1-2-16-20(18,17(10-8-14)11-9-15)19-12-13-6-4-3-5-7-13/h3-7H,2,8-12H2,1H3,(H,16,18). The number of rotatable bonds is 10. The van der Waals surface area contributed by atoms with Gasteiger partial charge >= 0.3 is 7.67 Å². The van der Waals surface area contributed by atoms with Crippen molar-refractivity contribution in [2.45, 2.75) is 13.5 Å². The predicted octanol–water partition coefficient (Wildman–Crippen LogP) is 3.70. The van der Waals surface area contributed by atoms with Crippen molar-refractivity contribution in [3.8, 4) is 0 Å². The van der Waals surface area contributed by atoms with Gasteiger partial charge in [0.15, 0.2) is 0 Å². The molecule has 0 aliphatic carbocycles. The maximum atomic E-state index is 12.9. The van der Waals surface area contributed by atoms with Crippen molar-refractivity contribution in [2.24, 2.45) is 0 Å². The number of halogens is 2. The van der Waals surface area contributed by atoms with E-state index >= 15 is 0 Å². The topological polar surface area (TPSA) is 41.6 Å². The zero-order valence-corrected chi connectivity index (χ0v) is 14.0. The Morgan fingerprint density at radius 2 is 1.80 bits per heavy atom. The van der Waals surface area contributed by atoms with Crippen LogP contribution in [0.15, 0.2) is 30.3 Å². The highest BCUT2D eigenvalue weighted by molar-refractivity contribution is 7.54. The highest BCUT2D eigenvalue weighted by Gasteiger charge is 2.30. The highest BCUT2D eigenvalue weighted by Crippen LogP contribution is 2.47. The summed E-state index contributed by atoms with van der Waals surface area (Å²) in [5.74, 6) is 0.752. The Kier molecular flexibility index (Phi) is 8.78. The zero-order valence-electron chi connectivity index (χ0n) is 11.6. The monoisotopic (exact) mass is 338 g/mol. The van der Waals surface area contributed by atoms with Gasteiger partial charge in [-0.05, 0) is 5.56 Å². The Labute approximate surface area is 131 Å². The molecule has 0 aliphatic heterocycles. The molecule has 1 atom stereocenters. The van der Waals surface area contributed by atoms with Crippen molar-refractivity contribution in [1.29, 1.82) is 0 Å². The number of hydrogen-bond donors (Lipinski definition) is 1. The summed E-state index contributed by atoms with van der Waals surface area (Å²) in [4.78, 5) is 0. The van der Waals surface area contributed by atoms with Gasteiger partial charge in [0.1, 0.15) is 0 Å². The molecule has 0 bridgehead atoms. The van der Waals surface area contributed by atoms with Gasteiger partial charge in [0.25, 0.3) is 0 Å². The molecule has 1 aromatic rings. The fraction of sp³-hybridized carbons (Fsp3) is 0.538. The van der Waals surface area contributed by atoms with Crippen LogP contribution >= 0.6 is 30.9 Å². The summed E-state index contributed by atoms with van der Waals surface area (Å²) < 4.78 is 20.3. The Morgan fingerprint density at radius 1 is 1.20 bits per heavy atom. The fourth-order valence-electron chi connectivity index (χ4n) is 1.73. The normalized spacial score (nSPS) is 14.4. The molecule has 4 nitrogen and oxygen atoms in total. The Morgan fingerprint density at radius 3 is 2.30 bits per heavy atom. The van der Waals surface area contributed by atoms with Gasteiger partial charge in [-0.25, -0.2) is 9.76 Å². The molecular formula is C13H21Cl2N2O2P. The van der Waals surface area contributed by atoms with Crippen LogP contribution in [-0.4, -0.2) is 36.1 Å². The lowest BCUT2D eigenvalue weighted by Gasteiger charge is -2.30. The van der Waals surface area contributed by atoms with Crippen molar-refractivity contribution in [3.05, 3.63) is 35.9 Å². The first-order valence-electron chi connectivity index (χ1n) is 6.57. The highest BCUT2D eigenvalue weighted by atomic mass is 35.5. The summed E-state index contributed by atoms with van der Waals surface area (Å²) >= 11 is 11.5. The van der Waals surface area contributed by atoms with Gasteiger partial charge in [0.05, 0.1) is 6.61 Å². The molecule has 20 heavy (non-hydrogen) atoms. The molecule has 0 saturated heterocycles. The molecule has 0 fully saturated rings. The minimum absolute atomic E-state index is 0.284. The molecule has 0 amide bonds. The Balaban J connectivity index is 2.75. The smallest absolute Gasteiger partial charge is 0.301 e. The van der Waals surface area contributed by atoms with Gasteiger partial charge in [0.2, 0.25) is 0 Å². The van der Waals surface area contributed by atoms with Crippen LogP contribution in [0.5, 0.6) is 0 Å². The third kappa shape index (κ3) is 5.72. The summed E-state index contributed by atoms with van der Waals surface area (Å²) in [5.41, 5.74) is 0.974. The van der Waals surface area contributed by atoms with Gasteiger partial charge in [-0.3, -0.25) is 4.57 Å². The minimum Gasteiger partial charge on any atom is -0.301 e. The van der Waals surface area contributed by atoms with Crippen LogP contribution in [0.4, 0.5) is 0 Å². The van der Waals surface area contributed by atoms with E-state index in [0.29, 0.717) is 31.4 Å².